The third-order valence-corrected chi connectivity index (χ3v) is 21.7. The van der Waals surface area contributed by atoms with Gasteiger partial charge >= 0.3 is 11.9 Å². The van der Waals surface area contributed by atoms with Gasteiger partial charge in [0.25, 0.3) is 0 Å². The first kappa shape index (κ1) is 67.4. The van der Waals surface area contributed by atoms with Crippen LogP contribution in [-0.2, 0) is 47.6 Å². The Morgan fingerprint density at radius 2 is 1.38 bits per heavy atom. The Morgan fingerprint density at radius 3 is 1.96 bits per heavy atom. The molecule has 0 aromatic heterocycles. The van der Waals surface area contributed by atoms with Gasteiger partial charge in [-0.3, -0.25) is 14.4 Å². The molecule has 11 N–H and O–H groups in total. The van der Waals surface area contributed by atoms with E-state index in [2.05, 4.69) is 53.8 Å². The minimum absolute atomic E-state index is 0.0475. The Hall–Kier alpha value is -2.74. The number of allylic oxidation sites excluding steroid dienone is 1. The van der Waals surface area contributed by atoms with E-state index in [4.69, 9.17) is 40.1 Å². The summed E-state index contributed by atoms with van der Waals surface area (Å²) in [5.74, 6) is -3.06. The molecule has 3 saturated carbocycles. The number of carboxylic acids is 1. The van der Waals surface area contributed by atoms with Crippen molar-refractivity contribution in [3.63, 3.8) is 0 Å². The first-order valence-corrected chi connectivity index (χ1v) is 30.0. The highest BCUT2D eigenvalue weighted by Gasteiger charge is 2.70. The largest absolute Gasteiger partial charge is 0.481 e. The van der Waals surface area contributed by atoms with E-state index in [0.29, 0.717) is 44.9 Å². The number of nitrogens with one attached hydrogen (secondary N) is 1. The number of ether oxygens (including phenoxy) is 6. The minimum Gasteiger partial charge on any atom is -0.481 e. The topological polar surface area (TPSA) is 338 Å². The molecule has 21 heteroatoms. The molecule has 6 aliphatic rings. The van der Waals surface area contributed by atoms with Crippen LogP contribution in [0.25, 0.3) is 0 Å². The number of esters is 1. The van der Waals surface area contributed by atoms with Gasteiger partial charge in [-0.25, -0.2) is 0 Å². The summed E-state index contributed by atoms with van der Waals surface area (Å²) in [5.41, 5.74) is -3.90. The number of aliphatic hydroxyl groups is 9. The summed E-state index contributed by atoms with van der Waals surface area (Å²) in [6, 6.07) is -1.38. The lowest BCUT2D eigenvalue weighted by Gasteiger charge is -2.68. The highest BCUT2D eigenvalue weighted by molar-refractivity contribution is 5.80. The molecule has 3 saturated heterocycles. The van der Waals surface area contributed by atoms with Crippen molar-refractivity contribution < 1.29 is 98.7 Å². The summed E-state index contributed by atoms with van der Waals surface area (Å²) in [4.78, 5) is 52.9. The van der Waals surface area contributed by atoms with E-state index in [-0.39, 0.29) is 42.9 Å². The Kier molecular flexibility index (Phi) is 22.4. The summed E-state index contributed by atoms with van der Waals surface area (Å²) >= 11 is 0. The Balaban J connectivity index is 1.27. The lowest BCUT2D eigenvalue weighted by Crippen LogP contribution is -2.69. The number of carbonyl (C=O) groups is 4. The van der Waals surface area contributed by atoms with Gasteiger partial charge < -0.3 is 89.6 Å². The predicted molar refractivity (Wildman–Crippen MR) is 293 cm³/mol. The van der Waals surface area contributed by atoms with E-state index < -0.39 is 162 Å². The Bertz CT molecular complexity index is 2150. The second-order valence-corrected chi connectivity index (χ2v) is 26.9. The monoisotopic (exact) mass is 1160 g/mol. The second-order valence-electron chi connectivity index (χ2n) is 26.9. The first-order valence-electron chi connectivity index (χ1n) is 30.0. The fourth-order valence-corrected chi connectivity index (χ4v) is 15.4. The standard InChI is InChI=1S/C60H101NO20/c1-12-56(8)34(4)58(10,24-23-39(56)57(9,31-63)35(5)64)59(11)28-40(66)60(26-25-55(6,7)27-36(60)32(59)2)54(75)81-53-50(80-52-48(74)46(72)49(33(3)77-52)79-51-47(73)44(70)37(65)30-76-51)45(71)43(38(29-62)78-53)61-41(67)21-19-17-15-13-14-16-18-20-22-42(68)69/h31,33-40,43-53,62,64-66,70-74H,2,12-30H2,1,3-11H3,(H,61,67)(H,68,69)/t33-,34?,35?,36?,37-,38-,39-,40+,43?,44?,45?,46?,47?,48?,49?,50?,51+,52+,53+,56?,57?,58+,59-,60?/m1/s1. The van der Waals surface area contributed by atoms with Gasteiger partial charge in [0.15, 0.2) is 18.7 Å². The van der Waals surface area contributed by atoms with E-state index in [1.165, 1.54) is 6.92 Å². The van der Waals surface area contributed by atoms with Crippen molar-refractivity contribution in [2.45, 2.75) is 277 Å². The molecule has 21 nitrogen and oxygen atoms in total. The number of hydrogen-bond donors (Lipinski definition) is 11. The van der Waals surface area contributed by atoms with Crippen molar-refractivity contribution in [2.75, 3.05) is 13.2 Å². The van der Waals surface area contributed by atoms with E-state index in [1.807, 2.05) is 6.92 Å². The van der Waals surface area contributed by atoms with Crippen LogP contribution in [0.4, 0.5) is 0 Å². The summed E-state index contributed by atoms with van der Waals surface area (Å²) in [5, 5.41) is 113. The lowest BCUT2D eigenvalue weighted by molar-refractivity contribution is -0.370. The maximum absolute atomic E-state index is 15.6. The number of aliphatic hydroxyl groups excluding tert-OH is 9. The number of carbonyl (C=O) groups excluding carboxylic acids is 3. The van der Waals surface area contributed by atoms with Crippen LogP contribution in [-0.4, -0.2) is 187 Å². The molecule has 81 heavy (non-hydrogen) atoms. The Morgan fingerprint density at radius 1 is 0.790 bits per heavy atom. The van der Waals surface area contributed by atoms with E-state index >= 15 is 4.79 Å². The molecule has 0 bridgehead atoms. The number of aldehydes is 1. The molecule has 0 radical (unpaired) electrons. The third kappa shape index (κ3) is 13.3. The van der Waals surface area contributed by atoms with Crippen molar-refractivity contribution in [3.8, 4) is 0 Å². The molecule has 0 spiro atoms. The number of fused-ring (bicyclic) bond motifs is 1. The molecule has 24 atom stereocenters. The zero-order valence-corrected chi connectivity index (χ0v) is 49.7. The smallest absolute Gasteiger partial charge is 0.317 e. The second kappa shape index (κ2) is 26.9. The fourth-order valence-electron chi connectivity index (χ4n) is 15.4. The predicted octanol–water partition coefficient (Wildman–Crippen LogP) is 3.95. The first-order chi connectivity index (χ1) is 37.8. The van der Waals surface area contributed by atoms with E-state index in [1.54, 1.807) is 6.92 Å². The summed E-state index contributed by atoms with van der Waals surface area (Å²) in [6.07, 6.45) is -13.0. The van der Waals surface area contributed by atoms with Crippen LogP contribution in [0.3, 0.4) is 0 Å². The Labute approximate surface area is 478 Å². The highest BCUT2D eigenvalue weighted by Crippen LogP contribution is 2.72. The molecule has 3 aliphatic heterocycles. The van der Waals surface area contributed by atoms with Crippen LogP contribution in [0.15, 0.2) is 12.2 Å². The van der Waals surface area contributed by atoms with Crippen LogP contribution in [0.1, 0.15) is 178 Å². The number of unbranched alkanes of at least 4 members (excludes halogenated alkanes) is 7. The average Bonchev–Trinajstić information content (AvgIpc) is 2.81. The van der Waals surface area contributed by atoms with Gasteiger partial charge in [-0.15, -0.1) is 0 Å². The molecular formula is C60H101NO20. The fraction of sp³-hybridized carbons (Fsp3) is 0.900. The quantitative estimate of drug-likeness (QED) is 0.0282. The van der Waals surface area contributed by atoms with Gasteiger partial charge in [0.2, 0.25) is 12.2 Å². The maximum atomic E-state index is 15.6. The normalized spacial score (nSPS) is 43.8. The minimum atomic E-state index is -1.96. The van der Waals surface area contributed by atoms with Gasteiger partial charge in [0, 0.05) is 12.8 Å². The average molecular weight is 1160 g/mol. The van der Waals surface area contributed by atoms with Crippen molar-refractivity contribution in [3.05, 3.63) is 12.2 Å². The van der Waals surface area contributed by atoms with Gasteiger partial charge in [0.05, 0.1) is 43.0 Å². The van der Waals surface area contributed by atoms with Crippen LogP contribution in [0, 0.1) is 50.2 Å². The molecular weight excluding hydrogens is 1050 g/mol. The summed E-state index contributed by atoms with van der Waals surface area (Å²) < 4.78 is 36.3. The molecule has 0 aromatic rings. The number of rotatable bonds is 24. The van der Waals surface area contributed by atoms with Gasteiger partial charge in [-0.1, -0.05) is 112 Å². The van der Waals surface area contributed by atoms with Gasteiger partial charge in [-0.2, -0.15) is 0 Å². The van der Waals surface area contributed by atoms with Gasteiger partial charge in [-0.05, 0) is 105 Å². The van der Waals surface area contributed by atoms with Crippen LogP contribution >= 0.6 is 0 Å². The van der Waals surface area contributed by atoms with Crippen molar-refractivity contribution >= 4 is 24.1 Å². The zero-order valence-electron chi connectivity index (χ0n) is 49.7. The summed E-state index contributed by atoms with van der Waals surface area (Å²) in [6.45, 7) is 23.7. The molecule has 6 rings (SSSR count). The van der Waals surface area contributed by atoms with Crippen LogP contribution in [0.5, 0.6) is 0 Å². The zero-order chi connectivity index (χ0) is 60.4. The summed E-state index contributed by atoms with van der Waals surface area (Å²) in [7, 11) is 0. The number of amides is 1. The number of carboxylic acid groups (broad SMARTS) is 1. The molecule has 3 aliphatic carbocycles. The molecule has 14 unspecified atom stereocenters. The molecule has 0 aromatic carbocycles. The number of hydrogen-bond acceptors (Lipinski definition) is 19. The number of aliphatic carboxylic acids is 1. The van der Waals surface area contributed by atoms with Crippen molar-refractivity contribution in [1.82, 2.24) is 5.32 Å². The van der Waals surface area contributed by atoms with E-state index in [0.717, 1.165) is 50.4 Å². The highest BCUT2D eigenvalue weighted by atomic mass is 16.8. The SMILES string of the molecule is C=C1C2CC(C)(C)CCC2(C(=O)O[C@@H]2O[C@H](CO)C(NC(=O)CCCCCCCCCCC(=O)O)C(O)C2O[C@@H]2O[C@H](C)C(O[C@@H]3OC[C@@H](O)C(O)C3O)C(O)C2O)[C@@H](O)C[C@@]1(C)[C@@]1(C)CC[C@@H](C(C)(C=O)C(C)O)C(C)(CC)C1C. The van der Waals surface area contributed by atoms with Crippen LogP contribution in [0.2, 0.25) is 0 Å². The molecule has 1 amide bonds. The lowest BCUT2D eigenvalue weighted by atomic mass is 9.36. The van der Waals surface area contributed by atoms with Crippen LogP contribution < -0.4 is 5.32 Å². The van der Waals surface area contributed by atoms with E-state index in [9.17, 15) is 60.3 Å². The van der Waals surface area contributed by atoms with Gasteiger partial charge in [0.1, 0.15) is 60.5 Å². The molecule has 6 fully saturated rings. The van der Waals surface area contributed by atoms with Crippen molar-refractivity contribution in [1.29, 1.82) is 0 Å². The van der Waals surface area contributed by atoms with Crippen molar-refractivity contribution in [2.24, 2.45) is 50.2 Å². The molecule has 3 heterocycles. The maximum Gasteiger partial charge on any atom is 0.317 e. The molecule has 466 valence electrons. The third-order valence-electron chi connectivity index (χ3n) is 21.7.